The van der Waals surface area contributed by atoms with Crippen molar-refractivity contribution in [3.63, 3.8) is 0 Å². The van der Waals surface area contributed by atoms with Crippen LogP contribution in [0.3, 0.4) is 0 Å². The van der Waals surface area contributed by atoms with E-state index in [2.05, 4.69) is 36.7 Å². The molecule has 0 aromatic carbocycles. The van der Waals surface area contributed by atoms with Gasteiger partial charge in [-0.25, -0.2) is 0 Å². The summed E-state index contributed by atoms with van der Waals surface area (Å²) in [5.74, 6) is 0.749. The van der Waals surface area contributed by atoms with Crippen LogP contribution in [-0.4, -0.2) is 9.78 Å². The highest BCUT2D eigenvalue weighted by atomic mass is 15.3. The second-order valence-corrected chi connectivity index (χ2v) is 3.52. The van der Waals surface area contributed by atoms with E-state index in [1.54, 1.807) is 0 Å². The van der Waals surface area contributed by atoms with Crippen LogP contribution < -0.4 is 0 Å². The van der Waals surface area contributed by atoms with E-state index >= 15 is 0 Å². The highest BCUT2D eigenvalue weighted by Gasteiger charge is 2.00. The van der Waals surface area contributed by atoms with Gasteiger partial charge in [-0.15, -0.1) is 0 Å². The molecule has 2 heteroatoms. The first kappa shape index (κ1) is 9.30. The van der Waals surface area contributed by atoms with Crippen molar-refractivity contribution in [3.8, 4) is 0 Å². The summed E-state index contributed by atoms with van der Waals surface area (Å²) >= 11 is 0. The van der Waals surface area contributed by atoms with E-state index in [1.165, 1.54) is 12.1 Å². The zero-order valence-corrected chi connectivity index (χ0v) is 8.17. The smallest absolute Gasteiger partial charge is 0.113 e. The van der Waals surface area contributed by atoms with E-state index in [0.717, 1.165) is 18.9 Å². The zero-order valence-electron chi connectivity index (χ0n) is 8.17. The van der Waals surface area contributed by atoms with Crippen LogP contribution in [0.5, 0.6) is 0 Å². The van der Waals surface area contributed by atoms with Gasteiger partial charge in [-0.05, 0) is 24.8 Å². The van der Waals surface area contributed by atoms with Gasteiger partial charge in [0.25, 0.3) is 0 Å². The van der Waals surface area contributed by atoms with Crippen LogP contribution in [0, 0.1) is 12.1 Å². The number of nitrogens with zero attached hydrogens (tertiary/aromatic N) is 2. The minimum Gasteiger partial charge on any atom is -0.269 e. The molecule has 0 aliphatic rings. The molecule has 12 heavy (non-hydrogen) atoms. The molecule has 0 aliphatic heterocycles. The second-order valence-electron chi connectivity index (χ2n) is 3.52. The number of aromatic nitrogens is 2. The van der Waals surface area contributed by atoms with Crippen LogP contribution >= 0.6 is 0 Å². The van der Waals surface area contributed by atoms with Gasteiger partial charge in [0.05, 0.1) is 0 Å². The van der Waals surface area contributed by atoms with Gasteiger partial charge in [-0.2, -0.15) is 5.10 Å². The average molecular weight is 165 g/mol. The molecule has 0 saturated carbocycles. The maximum Gasteiger partial charge on any atom is 0.113 e. The SMILES string of the molecule is CCc1c[c]nn1CCC(C)C. The normalized spacial score (nSPS) is 11.0. The molecule has 0 aliphatic carbocycles. The Bertz CT molecular complexity index is 225. The van der Waals surface area contributed by atoms with Gasteiger partial charge in [0.2, 0.25) is 0 Å². The first-order valence-electron chi connectivity index (χ1n) is 4.66. The summed E-state index contributed by atoms with van der Waals surface area (Å²) in [7, 11) is 0. The Hall–Kier alpha value is -0.790. The molecular formula is C10H17N2. The number of hydrogen-bond acceptors (Lipinski definition) is 1. The second kappa shape index (κ2) is 4.29. The first-order valence-corrected chi connectivity index (χ1v) is 4.66. The van der Waals surface area contributed by atoms with Crippen LogP contribution in [0.4, 0.5) is 0 Å². The maximum absolute atomic E-state index is 4.15. The maximum atomic E-state index is 4.15. The molecule has 0 bridgehead atoms. The van der Waals surface area contributed by atoms with Gasteiger partial charge in [-0.3, -0.25) is 4.68 Å². The van der Waals surface area contributed by atoms with Crippen LogP contribution in [0.1, 0.15) is 32.9 Å². The quantitative estimate of drug-likeness (QED) is 0.669. The predicted octanol–water partition coefficient (Wildman–Crippen LogP) is 2.29. The van der Waals surface area contributed by atoms with E-state index in [0.29, 0.717) is 0 Å². The molecular weight excluding hydrogens is 148 g/mol. The van der Waals surface area contributed by atoms with E-state index < -0.39 is 0 Å². The number of hydrogen-bond donors (Lipinski definition) is 0. The largest absolute Gasteiger partial charge is 0.269 e. The van der Waals surface area contributed by atoms with E-state index in [-0.39, 0.29) is 0 Å². The van der Waals surface area contributed by atoms with Gasteiger partial charge in [0.15, 0.2) is 0 Å². The van der Waals surface area contributed by atoms with Crippen LogP contribution in [0.2, 0.25) is 0 Å². The van der Waals surface area contributed by atoms with Gasteiger partial charge < -0.3 is 0 Å². The topological polar surface area (TPSA) is 17.8 Å². The van der Waals surface area contributed by atoms with Gasteiger partial charge in [-0.1, -0.05) is 20.8 Å². The molecule has 0 saturated heterocycles. The van der Waals surface area contributed by atoms with E-state index in [9.17, 15) is 0 Å². The summed E-state index contributed by atoms with van der Waals surface area (Å²) < 4.78 is 2.06. The minimum atomic E-state index is 0.749. The summed E-state index contributed by atoms with van der Waals surface area (Å²) in [4.78, 5) is 0. The summed E-state index contributed by atoms with van der Waals surface area (Å²) in [6.07, 6.45) is 5.13. The molecule has 1 heterocycles. The van der Waals surface area contributed by atoms with Crippen molar-refractivity contribution in [2.24, 2.45) is 5.92 Å². The Balaban J connectivity index is 2.50. The van der Waals surface area contributed by atoms with Gasteiger partial charge in [0, 0.05) is 12.2 Å². The fourth-order valence-corrected chi connectivity index (χ4v) is 1.17. The molecule has 1 aromatic rings. The molecule has 2 nitrogen and oxygen atoms in total. The Labute approximate surface area is 74.6 Å². The fourth-order valence-electron chi connectivity index (χ4n) is 1.17. The number of rotatable bonds is 4. The molecule has 0 N–H and O–H groups in total. The lowest BCUT2D eigenvalue weighted by atomic mass is 10.1. The van der Waals surface area contributed by atoms with Crippen molar-refractivity contribution < 1.29 is 0 Å². The fraction of sp³-hybridized carbons (Fsp3) is 0.700. The van der Waals surface area contributed by atoms with Crippen molar-refractivity contribution in [1.29, 1.82) is 0 Å². The predicted molar refractivity (Wildman–Crippen MR) is 49.9 cm³/mol. The van der Waals surface area contributed by atoms with Gasteiger partial charge in [0.1, 0.15) is 6.20 Å². The summed E-state index contributed by atoms with van der Waals surface area (Å²) in [6.45, 7) is 7.65. The number of aryl methyl sites for hydroxylation is 2. The van der Waals surface area contributed by atoms with Crippen LogP contribution in [-0.2, 0) is 13.0 Å². The highest BCUT2D eigenvalue weighted by molar-refractivity contribution is 4.98. The summed E-state index contributed by atoms with van der Waals surface area (Å²) in [5, 5.41) is 4.15. The van der Waals surface area contributed by atoms with Crippen molar-refractivity contribution in [2.75, 3.05) is 0 Å². The van der Waals surface area contributed by atoms with E-state index in [4.69, 9.17) is 0 Å². The Kier molecular flexibility index (Phi) is 3.32. The lowest BCUT2D eigenvalue weighted by Gasteiger charge is -2.07. The summed E-state index contributed by atoms with van der Waals surface area (Å²) in [6, 6.07) is 1.97. The molecule has 0 amide bonds. The van der Waals surface area contributed by atoms with Crippen molar-refractivity contribution in [2.45, 2.75) is 40.2 Å². The molecule has 0 fully saturated rings. The molecule has 67 valence electrons. The Morgan fingerprint density at radius 2 is 2.33 bits per heavy atom. The Morgan fingerprint density at radius 1 is 1.58 bits per heavy atom. The third-order valence-corrected chi connectivity index (χ3v) is 2.02. The zero-order chi connectivity index (χ0) is 8.97. The first-order chi connectivity index (χ1) is 5.74. The Morgan fingerprint density at radius 3 is 2.92 bits per heavy atom. The van der Waals surface area contributed by atoms with Crippen molar-refractivity contribution >= 4 is 0 Å². The highest BCUT2D eigenvalue weighted by Crippen LogP contribution is 2.05. The third kappa shape index (κ3) is 2.36. The molecule has 1 aromatic heterocycles. The molecule has 0 atom stereocenters. The third-order valence-electron chi connectivity index (χ3n) is 2.02. The summed E-state index contributed by atoms with van der Waals surface area (Å²) in [5.41, 5.74) is 1.29. The van der Waals surface area contributed by atoms with Gasteiger partial charge >= 0.3 is 0 Å². The molecule has 0 spiro atoms. The lowest BCUT2D eigenvalue weighted by Crippen LogP contribution is -2.06. The molecule has 0 unspecified atom stereocenters. The van der Waals surface area contributed by atoms with Crippen LogP contribution in [0.25, 0.3) is 0 Å². The van der Waals surface area contributed by atoms with Crippen LogP contribution in [0.15, 0.2) is 6.07 Å². The van der Waals surface area contributed by atoms with Crippen molar-refractivity contribution in [3.05, 3.63) is 18.0 Å². The molecule has 1 radical (unpaired) electrons. The monoisotopic (exact) mass is 165 g/mol. The van der Waals surface area contributed by atoms with Crippen molar-refractivity contribution in [1.82, 2.24) is 9.78 Å². The molecule has 1 rings (SSSR count). The lowest BCUT2D eigenvalue weighted by molar-refractivity contribution is 0.476. The standard InChI is InChI=1S/C10H17N2/c1-4-10-5-7-11-12(10)8-6-9(2)3/h5,9H,4,6,8H2,1-3H3. The average Bonchev–Trinajstić information content (AvgIpc) is 2.47. The van der Waals surface area contributed by atoms with E-state index in [1.807, 2.05) is 6.07 Å². The minimum absolute atomic E-state index is 0.749.